The second-order valence-electron chi connectivity index (χ2n) is 8.21. The van der Waals surface area contributed by atoms with E-state index in [-0.39, 0.29) is 17.5 Å². The molecule has 0 fully saturated rings. The van der Waals surface area contributed by atoms with Crippen LogP contribution in [0.15, 0.2) is 10.9 Å². The highest BCUT2D eigenvalue weighted by atomic mass is 16.5. The maximum absolute atomic E-state index is 12.8. The van der Waals surface area contributed by atoms with E-state index >= 15 is 0 Å². The molecule has 1 unspecified atom stereocenters. The number of ether oxygens (including phenoxy) is 1. The molecule has 30 heavy (non-hydrogen) atoms. The third-order valence-corrected chi connectivity index (χ3v) is 5.75. The summed E-state index contributed by atoms with van der Waals surface area (Å²) in [5, 5.41) is 8.99. The molecule has 2 aromatic heterocycles. The summed E-state index contributed by atoms with van der Waals surface area (Å²) in [4.78, 5) is 27.2. The van der Waals surface area contributed by atoms with Gasteiger partial charge in [0.1, 0.15) is 5.82 Å². The Bertz CT molecular complexity index is 912. The Hall–Kier alpha value is -2.42. The molecule has 0 saturated carbocycles. The van der Waals surface area contributed by atoms with Crippen LogP contribution in [-0.2, 0) is 42.1 Å². The van der Waals surface area contributed by atoms with Gasteiger partial charge in [0.25, 0.3) is 0 Å². The molecule has 0 aromatic carbocycles. The van der Waals surface area contributed by atoms with Gasteiger partial charge in [-0.1, -0.05) is 6.92 Å². The Kier molecular flexibility index (Phi) is 7.47. The van der Waals surface area contributed by atoms with Gasteiger partial charge < -0.3 is 9.64 Å². The number of carbonyl (C=O) groups is 1. The summed E-state index contributed by atoms with van der Waals surface area (Å²) in [7, 11) is 3.47. The van der Waals surface area contributed by atoms with Crippen molar-refractivity contribution in [2.45, 2.75) is 72.1 Å². The van der Waals surface area contributed by atoms with Gasteiger partial charge in [0.2, 0.25) is 5.91 Å². The highest BCUT2D eigenvalue weighted by Crippen LogP contribution is 2.22. The van der Waals surface area contributed by atoms with Gasteiger partial charge in [-0.2, -0.15) is 10.2 Å². The highest BCUT2D eigenvalue weighted by Gasteiger charge is 2.24. The molecule has 3 heterocycles. The van der Waals surface area contributed by atoms with Gasteiger partial charge in [0.15, 0.2) is 0 Å². The molecule has 0 N–H and O–H groups in total. The minimum Gasteiger partial charge on any atom is -0.383 e. The van der Waals surface area contributed by atoms with E-state index in [1.54, 1.807) is 16.6 Å². The number of hydrogen-bond donors (Lipinski definition) is 0. The van der Waals surface area contributed by atoms with Gasteiger partial charge in [0.05, 0.1) is 31.1 Å². The summed E-state index contributed by atoms with van der Waals surface area (Å²) in [6.07, 6.45) is 3.91. The second-order valence-corrected chi connectivity index (χ2v) is 8.21. The van der Waals surface area contributed by atoms with Crippen LogP contribution in [0.5, 0.6) is 0 Å². The molecule has 0 aliphatic carbocycles. The summed E-state index contributed by atoms with van der Waals surface area (Å²) in [6, 6.07) is 2.05. The first kappa shape index (κ1) is 22.3. The van der Waals surface area contributed by atoms with Gasteiger partial charge in [-0.15, -0.1) is 0 Å². The Balaban J connectivity index is 1.56. The zero-order valence-corrected chi connectivity index (χ0v) is 18.6. The van der Waals surface area contributed by atoms with E-state index in [1.165, 1.54) is 4.68 Å². The summed E-state index contributed by atoms with van der Waals surface area (Å²) < 4.78 is 10.3. The summed E-state index contributed by atoms with van der Waals surface area (Å²) in [5.41, 5.74) is 1.97. The molecule has 9 heteroatoms. The molecule has 1 aliphatic heterocycles. The van der Waals surface area contributed by atoms with E-state index < -0.39 is 0 Å². The molecule has 0 radical (unpaired) electrons. The molecule has 1 aliphatic rings. The zero-order valence-electron chi connectivity index (χ0n) is 18.6. The summed E-state index contributed by atoms with van der Waals surface area (Å²) >= 11 is 0. The van der Waals surface area contributed by atoms with Crippen molar-refractivity contribution in [3.8, 4) is 0 Å². The lowest BCUT2D eigenvalue weighted by Gasteiger charge is -2.21. The second kappa shape index (κ2) is 10.1. The van der Waals surface area contributed by atoms with Crippen LogP contribution in [0, 0.1) is 12.8 Å². The van der Waals surface area contributed by atoms with E-state index in [0.29, 0.717) is 32.7 Å². The van der Waals surface area contributed by atoms with E-state index in [4.69, 9.17) is 4.74 Å². The highest BCUT2D eigenvalue weighted by molar-refractivity contribution is 5.76. The molecule has 1 atom stereocenters. The van der Waals surface area contributed by atoms with E-state index in [1.807, 2.05) is 18.7 Å². The smallest absolute Gasteiger partial charge is 0.345 e. The first-order valence-electron chi connectivity index (χ1n) is 10.9. The lowest BCUT2D eigenvalue weighted by molar-refractivity contribution is -0.131. The quantitative estimate of drug-likeness (QED) is 0.617. The maximum Gasteiger partial charge on any atom is 0.345 e. The number of amides is 1. The number of aromatic nitrogens is 5. The molecule has 166 valence electrons. The summed E-state index contributed by atoms with van der Waals surface area (Å²) in [6.45, 7) is 7.09. The topological polar surface area (TPSA) is 87.2 Å². The van der Waals surface area contributed by atoms with Crippen LogP contribution in [-0.4, -0.2) is 55.7 Å². The third-order valence-electron chi connectivity index (χ3n) is 5.75. The minimum atomic E-state index is -0.0781. The predicted molar refractivity (Wildman–Crippen MR) is 113 cm³/mol. The molecule has 0 spiro atoms. The van der Waals surface area contributed by atoms with E-state index in [0.717, 1.165) is 49.4 Å². The SMILES string of the molecule is CCCn1nc(C)cc1CN(C)C(=O)CC1CCc2nn(CCOC)c(=O)n2CC1. The molecule has 3 rings (SSSR count). The largest absolute Gasteiger partial charge is 0.383 e. The molecular weight excluding hydrogens is 384 g/mol. The Morgan fingerprint density at radius 3 is 2.80 bits per heavy atom. The Morgan fingerprint density at radius 1 is 1.27 bits per heavy atom. The minimum absolute atomic E-state index is 0.0781. The van der Waals surface area contributed by atoms with Gasteiger partial charge in [-0.25, -0.2) is 9.48 Å². The van der Waals surface area contributed by atoms with Crippen molar-refractivity contribution in [3.05, 3.63) is 33.8 Å². The van der Waals surface area contributed by atoms with Crippen molar-refractivity contribution < 1.29 is 9.53 Å². The average molecular weight is 419 g/mol. The van der Waals surface area contributed by atoms with Gasteiger partial charge in [0, 0.05) is 40.1 Å². The Morgan fingerprint density at radius 2 is 2.07 bits per heavy atom. The molecule has 2 aromatic rings. The number of hydrogen-bond acceptors (Lipinski definition) is 5. The molecule has 9 nitrogen and oxygen atoms in total. The van der Waals surface area contributed by atoms with Crippen LogP contribution >= 0.6 is 0 Å². The predicted octanol–water partition coefficient (Wildman–Crippen LogP) is 1.61. The number of carbonyl (C=O) groups excluding carboxylic acids is 1. The van der Waals surface area contributed by atoms with Crippen LogP contribution in [0.1, 0.15) is 49.8 Å². The van der Waals surface area contributed by atoms with E-state index in [2.05, 4.69) is 23.2 Å². The zero-order chi connectivity index (χ0) is 21.7. The lowest BCUT2D eigenvalue weighted by Crippen LogP contribution is -2.30. The van der Waals surface area contributed by atoms with Crippen LogP contribution < -0.4 is 5.69 Å². The normalized spacial score (nSPS) is 16.3. The van der Waals surface area contributed by atoms with Crippen LogP contribution in [0.4, 0.5) is 0 Å². The van der Waals surface area contributed by atoms with Crippen LogP contribution in [0.3, 0.4) is 0 Å². The standard InChI is InChI=1S/C21H34N6O3/c1-5-9-26-18(13-16(2)22-26)15-24(3)20(28)14-17-6-7-19-23-27(11-12-30-4)21(29)25(19)10-8-17/h13,17H,5-12,14-15H2,1-4H3. The molecule has 0 bridgehead atoms. The number of aryl methyl sites for hydroxylation is 3. The lowest BCUT2D eigenvalue weighted by atomic mass is 9.96. The Labute approximate surface area is 177 Å². The fourth-order valence-corrected chi connectivity index (χ4v) is 4.08. The van der Waals surface area contributed by atoms with Crippen LogP contribution in [0.2, 0.25) is 0 Å². The average Bonchev–Trinajstić information content (AvgIpc) is 3.12. The van der Waals surface area contributed by atoms with Gasteiger partial charge in [-0.05, 0) is 38.2 Å². The molecular formula is C21H34N6O3. The van der Waals surface area contributed by atoms with Crippen molar-refractivity contribution in [2.24, 2.45) is 5.92 Å². The maximum atomic E-state index is 12.8. The first-order chi connectivity index (χ1) is 14.4. The number of rotatable bonds is 9. The van der Waals surface area contributed by atoms with Gasteiger partial charge >= 0.3 is 5.69 Å². The molecule has 1 amide bonds. The van der Waals surface area contributed by atoms with Gasteiger partial charge in [-0.3, -0.25) is 14.0 Å². The van der Waals surface area contributed by atoms with Crippen molar-refractivity contribution in [2.75, 3.05) is 20.8 Å². The van der Waals surface area contributed by atoms with Crippen molar-refractivity contribution in [3.63, 3.8) is 0 Å². The fourth-order valence-electron chi connectivity index (χ4n) is 4.08. The van der Waals surface area contributed by atoms with Crippen molar-refractivity contribution >= 4 is 5.91 Å². The summed E-state index contributed by atoms with van der Waals surface area (Å²) in [5.74, 6) is 1.22. The number of fused-ring (bicyclic) bond motifs is 1. The van der Waals surface area contributed by atoms with Crippen molar-refractivity contribution in [1.82, 2.24) is 29.0 Å². The number of methoxy groups -OCH3 is 1. The fraction of sp³-hybridized carbons (Fsp3) is 0.714. The van der Waals surface area contributed by atoms with E-state index in [9.17, 15) is 9.59 Å². The monoisotopic (exact) mass is 418 g/mol. The molecule has 0 saturated heterocycles. The van der Waals surface area contributed by atoms with Crippen molar-refractivity contribution in [1.29, 1.82) is 0 Å². The number of nitrogens with zero attached hydrogens (tertiary/aromatic N) is 6. The van der Waals surface area contributed by atoms with Crippen LogP contribution in [0.25, 0.3) is 0 Å². The third kappa shape index (κ3) is 5.19. The first-order valence-corrected chi connectivity index (χ1v) is 10.9.